The average Bonchev–Trinajstić information content (AvgIpc) is 3.12. The van der Waals surface area contributed by atoms with Crippen molar-refractivity contribution in [2.75, 3.05) is 44.2 Å². The van der Waals surface area contributed by atoms with Crippen LogP contribution in [0.25, 0.3) is 11.1 Å². The van der Waals surface area contributed by atoms with E-state index in [9.17, 15) is 9.90 Å². The summed E-state index contributed by atoms with van der Waals surface area (Å²) in [7, 11) is 0. The second-order valence-electron chi connectivity index (χ2n) is 11.7. The standard InChI is InChI=1S/C36H42N6O4/c1-2-37-36(44)40-23-27-6-3-7-29(20-27)30-8-4-9-31(21-30)34-45-32(22-33(46-34)28-12-10-26(25-43)11-13-28)24-41-16-18-42(19-17-41)35-38-14-5-15-39-35/h3-15,20-21,32-34,43H,2,16-19,22-25H2,1H3,(H2,37,40,44)/t32-,33+,34+/m0/s1. The normalized spacial score (nSPS) is 20.3. The number of aromatic nitrogens is 2. The van der Waals surface area contributed by atoms with Gasteiger partial charge in [0.25, 0.3) is 0 Å². The van der Waals surface area contributed by atoms with Gasteiger partial charge in [0.2, 0.25) is 5.95 Å². The molecule has 2 saturated heterocycles. The highest BCUT2D eigenvalue weighted by Crippen LogP contribution is 2.39. The van der Waals surface area contributed by atoms with Gasteiger partial charge in [-0.15, -0.1) is 0 Å². The summed E-state index contributed by atoms with van der Waals surface area (Å²) in [5.41, 5.74) is 6.03. The maximum absolute atomic E-state index is 11.9. The van der Waals surface area contributed by atoms with E-state index >= 15 is 0 Å². The summed E-state index contributed by atoms with van der Waals surface area (Å²) >= 11 is 0. The molecule has 3 N–H and O–H groups in total. The largest absolute Gasteiger partial charge is 0.392 e. The van der Waals surface area contributed by atoms with E-state index in [1.54, 1.807) is 12.4 Å². The number of benzene rings is 3. The van der Waals surface area contributed by atoms with Crippen LogP contribution in [-0.4, -0.2) is 71.4 Å². The van der Waals surface area contributed by atoms with Crippen LogP contribution in [0.5, 0.6) is 0 Å². The highest BCUT2D eigenvalue weighted by Gasteiger charge is 2.34. The fourth-order valence-corrected chi connectivity index (χ4v) is 6.04. The molecular weight excluding hydrogens is 580 g/mol. The van der Waals surface area contributed by atoms with Gasteiger partial charge in [0.05, 0.1) is 18.8 Å². The summed E-state index contributed by atoms with van der Waals surface area (Å²) in [4.78, 5) is 25.4. The lowest BCUT2D eigenvalue weighted by molar-refractivity contribution is -0.253. The number of anilines is 1. The maximum atomic E-state index is 11.9. The Labute approximate surface area is 270 Å². The Morgan fingerprint density at radius 2 is 1.59 bits per heavy atom. The third kappa shape index (κ3) is 8.07. The Kier molecular flexibility index (Phi) is 10.5. The molecule has 3 aromatic carbocycles. The predicted molar refractivity (Wildman–Crippen MR) is 177 cm³/mol. The molecule has 2 fully saturated rings. The van der Waals surface area contributed by atoms with Gasteiger partial charge in [0.1, 0.15) is 0 Å². The molecule has 6 rings (SSSR count). The fraction of sp³-hybridized carbons (Fsp3) is 0.361. The molecule has 0 aliphatic carbocycles. The highest BCUT2D eigenvalue weighted by atomic mass is 16.7. The number of piperazine rings is 1. The van der Waals surface area contributed by atoms with Gasteiger partial charge < -0.3 is 30.1 Å². The quantitative estimate of drug-likeness (QED) is 0.231. The minimum atomic E-state index is -0.539. The third-order valence-electron chi connectivity index (χ3n) is 8.49. The summed E-state index contributed by atoms with van der Waals surface area (Å²) in [5.74, 6) is 0.777. The molecular formula is C36H42N6O4. The van der Waals surface area contributed by atoms with Crippen molar-refractivity contribution < 1.29 is 19.4 Å². The number of carbonyl (C=O) groups excluding carboxylic acids is 1. The van der Waals surface area contributed by atoms with Crippen molar-refractivity contribution in [3.63, 3.8) is 0 Å². The Balaban J connectivity index is 1.18. The first-order valence-corrected chi connectivity index (χ1v) is 16.0. The predicted octanol–water partition coefficient (Wildman–Crippen LogP) is 4.82. The van der Waals surface area contributed by atoms with Gasteiger partial charge >= 0.3 is 6.03 Å². The van der Waals surface area contributed by atoms with E-state index in [1.165, 1.54) is 0 Å². The second-order valence-corrected chi connectivity index (χ2v) is 11.7. The van der Waals surface area contributed by atoms with Crippen LogP contribution in [0, 0.1) is 0 Å². The van der Waals surface area contributed by atoms with Gasteiger partial charge in [-0.25, -0.2) is 14.8 Å². The molecule has 3 atom stereocenters. The van der Waals surface area contributed by atoms with Crippen LogP contribution in [0.15, 0.2) is 91.3 Å². The fourth-order valence-electron chi connectivity index (χ4n) is 6.04. The first-order chi connectivity index (χ1) is 22.6. The van der Waals surface area contributed by atoms with E-state index in [2.05, 4.69) is 60.7 Å². The van der Waals surface area contributed by atoms with E-state index in [1.807, 2.05) is 55.5 Å². The molecule has 0 bridgehead atoms. The number of urea groups is 1. The van der Waals surface area contributed by atoms with Crippen LogP contribution in [0.3, 0.4) is 0 Å². The summed E-state index contributed by atoms with van der Waals surface area (Å²) in [6.45, 7) is 7.27. The number of ether oxygens (including phenoxy) is 2. The molecule has 0 radical (unpaired) electrons. The monoisotopic (exact) mass is 622 g/mol. The number of aliphatic hydroxyl groups excluding tert-OH is 1. The van der Waals surface area contributed by atoms with Crippen LogP contribution in [0.2, 0.25) is 0 Å². The summed E-state index contributed by atoms with van der Waals surface area (Å²) in [6, 6.07) is 26.2. The molecule has 4 aromatic rings. The molecule has 2 aliphatic rings. The van der Waals surface area contributed by atoms with Gasteiger partial charge in [0.15, 0.2) is 6.29 Å². The first kappa shape index (κ1) is 31.6. The zero-order valence-corrected chi connectivity index (χ0v) is 26.2. The van der Waals surface area contributed by atoms with Gasteiger partial charge in [0, 0.05) is 70.2 Å². The number of hydrogen-bond acceptors (Lipinski definition) is 8. The Morgan fingerprint density at radius 1 is 0.848 bits per heavy atom. The van der Waals surface area contributed by atoms with Gasteiger partial charge in [-0.05, 0) is 52.9 Å². The van der Waals surface area contributed by atoms with Crippen molar-refractivity contribution in [3.05, 3.63) is 114 Å². The first-order valence-electron chi connectivity index (χ1n) is 16.0. The minimum Gasteiger partial charge on any atom is -0.392 e. The number of rotatable bonds is 10. The van der Waals surface area contributed by atoms with E-state index in [0.29, 0.717) is 13.1 Å². The number of carbonyl (C=O) groups is 1. The van der Waals surface area contributed by atoms with Crippen LogP contribution >= 0.6 is 0 Å². The zero-order valence-electron chi connectivity index (χ0n) is 26.2. The zero-order chi connectivity index (χ0) is 31.7. The molecule has 10 nitrogen and oxygen atoms in total. The van der Waals surface area contributed by atoms with Crippen molar-refractivity contribution in [3.8, 4) is 11.1 Å². The van der Waals surface area contributed by atoms with Gasteiger partial charge in [-0.1, -0.05) is 60.7 Å². The molecule has 1 aromatic heterocycles. The smallest absolute Gasteiger partial charge is 0.315 e. The number of hydrogen-bond donors (Lipinski definition) is 3. The number of nitrogens with one attached hydrogen (secondary N) is 2. The summed E-state index contributed by atoms with van der Waals surface area (Å²) < 4.78 is 13.3. The lowest BCUT2D eigenvalue weighted by Gasteiger charge is -2.40. The van der Waals surface area contributed by atoms with Crippen LogP contribution < -0.4 is 15.5 Å². The van der Waals surface area contributed by atoms with Crippen LogP contribution in [-0.2, 0) is 22.6 Å². The van der Waals surface area contributed by atoms with Crippen molar-refractivity contribution >= 4 is 12.0 Å². The van der Waals surface area contributed by atoms with Crippen LogP contribution in [0.1, 0.15) is 48.0 Å². The topological polar surface area (TPSA) is 112 Å². The van der Waals surface area contributed by atoms with Gasteiger partial charge in [-0.3, -0.25) is 4.90 Å². The van der Waals surface area contributed by atoms with E-state index < -0.39 is 6.29 Å². The lowest BCUT2D eigenvalue weighted by atomic mass is 9.98. The molecule has 2 aliphatic heterocycles. The molecule has 10 heteroatoms. The molecule has 2 amide bonds. The van der Waals surface area contributed by atoms with E-state index in [0.717, 1.165) is 78.5 Å². The van der Waals surface area contributed by atoms with Crippen LogP contribution in [0.4, 0.5) is 10.7 Å². The minimum absolute atomic E-state index is 0.0101. The molecule has 240 valence electrons. The van der Waals surface area contributed by atoms with Crippen molar-refractivity contribution in [1.29, 1.82) is 0 Å². The molecule has 3 heterocycles. The Morgan fingerprint density at radius 3 is 2.33 bits per heavy atom. The molecule has 0 spiro atoms. The molecule has 0 saturated carbocycles. The number of amides is 2. The highest BCUT2D eigenvalue weighted by molar-refractivity contribution is 5.74. The van der Waals surface area contributed by atoms with Crippen molar-refractivity contribution in [2.24, 2.45) is 0 Å². The average molecular weight is 623 g/mol. The summed E-state index contributed by atoms with van der Waals surface area (Å²) in [6.07, 6.45) is 3.58. The van der Waals surface area contributed by atoms with E-state index in [4.69, 9.17) is 9.47 Å². The number of nitrogens with zero attached hydrogens (tertiary/aromatic N) is 4. The second kappa shape index (κ2) is 15.3. The summed E-state index contributed by atoms with van der Waals surface area (Å²) in [5, 5.41) is 15.2. The SMILES string of the molecule is CCNC(=O)NCc1cccc(-c2cccc([C@@H]3O[C@H](CN4CCN(c5ncccn5)CC4)C[C@H](c4ccc(CO)cc4)O3)c2)c1. The lowest BCUT2D eigenvalue weighted by Crippen LogP contribution is -2.50. The maximum Gasteiger partial charge on any atom is 0.315 e. The number of aliphatic hydroxyl groups is 1. The Bertz CT molecular complexity index is 1560. The molecule has 0 unspecified atom stereocenters. The van der Waals surface area contributed by atoms with Gasteiger partial charge in [-0.2, -0.15) is 0 Å². The third-order valence-corrected chi connectivity index (χ3v) is 8.49. The van der Waals surface area contributed by atoms with Crippen molar-refractivity contribution in [2.45, 2.75) is 45.0 Å². The van der Waals surface area contributed by atoms with Crippen molar-refractivity contribution in [1.82, 2.24) is 25.5 Å². The Hall–Kier alpha value is -4.35. The van der Waals surface area contributed by atoms with E-state index in [-0.39, 0.29) is 24.8 Å². The molecule has 46 heavy (non-hydrogen) atoms.